The Morgan fingerprint density at radius 2 is 1.50 bits per heavy atom. The highest BCUT2D eigenvalue weighted by atomic mass is 28.3. The molecular formula is C12H24BSi. The lowest BCUT2D eigenvalue weighted by Gasteiger charge is -2.34. The lowest BCUT2D eigenvalue weighted by molar-refractivity contribution is 0.411. The molecule has 14 heavy (non-hydrogen) atoms. The quantitative estimate of drug-likeness (QED) is 0.567. The van der Waals surface area contributed by atoms with E-state index >= 15 is 0 Å². The minimum Gasteiger partial charge on any atom is -0.0699 e. The van der Waals surface area contributed by atoms with Crippen LogP contribution in [-0.4, -0.2) is 15.4 Å². The molecule has 0 spiro atoms. The maximum absolute atomic E-state index is 2.79. The number of hydrogen-bond acceptors (Lipinski definition) is 0. The van der Waals surface area contributed by atoms with Crippen LogP contribution in [0.5, 0.6) is 0 Å². The molecular weight excluding hydrogens is 183 g/mol. The predicted octanol–water partition coefficient (Wildman–Crippen LogP) is 4.13. The van der Waals surface area contributed by atoms with Gasteiger partial charge in [0.15, 0.2) is 0 Å². The Labute approximate surface area is 91.1 Å². The standard InChI is InChI=1S/C12H24BSi/c1-14(2,3)12-10-6-4-8-11(13-12)9-5-7-10/h10-12H,4-9H2,1-3H3. The zero-order valence-electron chi connectivity index (χ0n) is 10.1. The van der Waals surface area contributed by atoms with Crippen molar-refractivity contribution in [2.75, 3.05) is 0 Å². The smallest absolute Gasteiger partial charge is 0.0699 e. The van der Waals surface area contributed by atoms with Crippen LogP contribution in [0.3, 0.4) is 0 Å². The molecule has 2 aliphatic heterocycles. The van der Waals surface area contributed by atoms with E-state index in [1.54, 1.807) is 0 Å². The maximum atomic E-state index is 2.79. The topological polar surface area (TPSA) is 0 Å². The molecule has 2 heterocycles. The molecule has 0 aromatic heterocycles. The maximum Gasteiger partial charge on any atom is 0.114 e. The Morgan fingerprint density at radius 1 is 0.929 bits per heavy atom. The number of fused-ring (bicyclic) bond motifs is 3. The molecule has 1 atom stereocenters. The molecule has 2 heteroatoms. The second-order valence-electron chi connectivity index (χ2n) is 6.47. The first-order valence-corrected chi connectivity index (χ1v) is 10.00. The predicted molar refractivity (Wildman–Crippen MR) is 67.8 cm³/mol. The van der Waals surface area contributed by atoms with Crippen molar-refractivity contribution in [1.82, 2.24) is 0 Å². The average molecular weight is 207 g/mol. The van der Waals surface area contributed by atoms with Crippen molar-refractivity contribution in [3.05, 3.63) is 0 Å². The van der Waals surface area contributed by atoms with Gasteiger partial charge in [0.25, 0.3) is 0 Å². The molecule has 2 rings (SSSR count). The minimum atomic E-state index is -0.930. The van der Waals surface area contributed by atoms with Gasteiger partial charge < -0.3 is 0 Å². The van der Waals surface area contributed by atoms with Crippen LogP contribution in [0, 0.1) is 5.92 Å². The SMILES string of the molecule is C[Si](C)(C)C1[B]C2CCCC1CCC2. The first-order valence-electron chi connectivity index (χ1n) is 6.42. The highest BCUT2D eigenvalue weighted by Gasteiger charge is 2.38. The molecule has 2 bridgehead atoms. The van der Waals surface area contributed by atoms with Crippen molar-refractivity contribution >= 4 is 15.4 Å². The summed E-state index contributed by atoms with van der Waals surface area (Å²) in [5.74, 6) is 2.05. The van der Waals surface area contributed by atoms with Gasteiger partial charge in [0.2, 0.25) is 0 Å². The molecule has 0 amide bonds. The van der Waals surface area contributed by atoms with Crippen LogP contribution < -0.4 is 0 Å². The summed E-state index contributed by atoms with van der Waals surface area (Å²) >= 11 is 0. The molecule has 0 N–H and O–H groups in total. The molecule has 0 saturated carbocycles. The van der Waals surface area contributed by atoms with Gasteiger partial charge in [-0.1, -0.05) is 69.4 Å². The summed E-state index contributed by atoms with van der Waals surface area (Å²) in [4.78, 5) is 0. The summed E-state index contributed by atoms with van der Waals surface area (Å²) in [6.45, 7) is 7.69. The van der Waals surface area contributed by atoms with Gasteiger partial charge in [0.05, 0.1) is 0 Å². The van der Waals surface area contributed by atoms with E-state index in [4.69, 9.17) is 0 Å². The zero-order valence-corrected chi connectivity index (χ0v) is 11.1. The Bertz CT molecular complexity index is 187. The average Bonchev–Trinajstić information content (AvgIpc) is 2.31. The van der Waals surface area contributed by atoms with Crippen molar-refractivity contribution in [2.45, 2.75) is 69.4 Å². The van der Waals surface area contributed by atoms with Crippen LogP contribution in [-0.2, 0) is 0 Å². The van der Waals surface area contributed by atoms with Gasteiger partial charge in [0.1, 0.15) is 7.28 Å². The third kappa shape index (κ3) is 2.26. The number of hydrogen-bond donors (Lipinski definition) is 0. The van der Waals surface area contributed by atoms with Crippen molar-refractivity contribution < 1.29 is 0 Å². The summed E-state index contributed by atoms with van der Waals surface area (Å²) < 4.78 is 0. The van der Waals surface area contributed by atoms with Crippen LogP contribution >= 0.6 is 0 Å². The van der Waals surface area contributed by atoms with Gasteiger partial charge in [-0.25, -0.2) is 0 Å². The Balaban J connectivity index is 2.16. The van der Waals surface area contributed by atoms with Gasteiger partial charge >= 0.3 is 0 Å². The highest BCUT2D eigenvalue weighted by Crippen LogP contribution is 2.46. The van der Waals surface area contributed by atoms with E-state index in [0.717, 1.165) is 17.2 Å². The minimum absolute atomic E-state index is 0.930. The van der Waals surface area contributed by atoms with Gasteiger partial charge in [-0.15, -0.1) is 0 Å². The fourth-order valence-corrected chi connectivity index (χ4v) is 6.17. The van der Waals surface area contributed by atoms with E-state index < -0.39 is 8.07 Å². The van der Waals surface area contributed by atoms with Crippen molar-refractivity contribution in [1.29, 1.82) is 0 Å². The summed E-state index contributed by atoms with van der Waals surface area (Å²) in [7, 11) is 1.86. The van der Waals surface area contributed by atoms with E-state index in [1.807, 2.05) is 0 Å². The summed E-state index contributed by atoms with van der Waals surface area (Å²) in [5.41, 5.74) is 1.03. The van der Waals surface area contributed by atoms with Crippen molar-refractivity contribution in [3.8, 4) is 0 Å². The van der Waals surface area contributed by atoms with E-state index in [9.17, 15) is 0 Å². The van der Waals surface area contributed by atoms with E-state index in [1.165, 1.54) is 38.5 Å². The van der Waals surface area contributed by atoms with Crippen LogP contribution in [0.15, 0.2) is 0 Å². The van der Waals surface area contributed by atoms with Gasteiger partial charge in [-0.05, 0) is 5.92 Å². The molecule has 0 aromatic carbocycles. The largest absolute Gasteiger partial charge is 0.114 e. The second-order valence-corrected chi connectivity index (χ2v) is 11.9. The van der Waals surface area contributed by atoms with E-state index in [2.05, 4.69) is 26.9 Å². The summed E-state index contributed by atoms with van der Waals surface area (Å²) in [6, 6.07) is 0. The second kappa shape index (κ2) is 4.04. The third-order valence-corrected chi connectivity index (χ3v) is 6.95. The van der Waals surface area contributed by atoms with Crippen LogP contribution in [0.1, 0.15) is 38.5 Å². The van der Waals surface area contributed by atoms with Crippen LogP contribution in [0.4, 0.5) is 0 Å². The molecule has 1 radical (unpaired) electrons. The number of rotatable bonds is 1. The first kappa shape index (κ1) is 10.8. The molecule has 0 aliphatic carbocycles. The zero-order chi connectivity index (χ0) is 10.2. The summed E-state index contributed by atoms with van der Waals surface area (Å²) in [6.07, 6.45) is 9.07. The fourth-order valence-electron chi connectivity index (χ4n) is 3.57. The fraction of sp³-hybridized carbons (Fsp3) is 1.00. The molecule has 2 fully saturated rings. The van der Waals surface area contributed by atoms with Crippen LogP contribution in [0.25, 0.3) is 0 Å². The Kier molecular flexibility index (Phi) is 3.11. The van der Waals surface area contributed by atoms with Gasteiger partial charge in [-0.3, -0.25) is 0 Å². The van der Waals surface area contributed by atoms with Gasteiger partial charge in [-0.2, -0.15) is 0 Å². The Hall–Kier alpha value is 0.282. The molecule has 0 nitrogen and oxygen atoms in total. The highest BCUT2D eigenvalue weighted by molar-refractivity contribution is 6.85. The molecule has 1 unspecified atom stereocenters. The monoisotopic (exact) mass is 207 g/mol. The molecule has 2 saturated heterocycles. The Morgan fingerprint density at radius 3 is 2.00 bits per heavy atom. The first-order chi connectivity index (χ1) is 6.57. The van der Waals surface area contributed by atoms with E-state index in [0.29, 0.717) is 0 Å². The van der Waals surface area contributed by atoms with Crippen molar-refractivity contribution in [3.63, 3.8) is 0 Å². The van der Waals surface area contributed by atoms with Crippen molar-refractivity contribution in [2.24, 2.45) is 5.92 Å². The molecule has 2 aliphatic rings. The lowest BCUT2D eigenvalue weighted by atomic mass is 9.59. The normalized spacial score (nSPS) is 38.6. The molecule has 0 aromatic rings. The van der Waals surface area contributed by atoms with Gasteiger partial charge in [0, 0.05) is 8.07 Å². The third-order valence-electron chi connectivity index (χ3n) is 4.29. The lowest BCUT2D eigenvalue weighted by Crippen LogP contribution is -2.36. The summed E-state index contributed by atoms with van der Waals surface area (Å²) in [5, 5.41) is 0. The molecule has 79 valence electrons. The van der Waals surface area contributed by atoms with Crippen LogP contribution in [0.2, 0.25) is 30.9 Å². The van der Waals surface area contributed by atoms with E-state index in [-0.39, 0.29) is 0 Å².